The van der Waals surface area contributed by atoms with Gasteiger partial charge in [-0.25, -0.2) is 4.79 Å². The summed E-state index contributed by atoms with van der Waals surface area (Å²) in [5.41, 5.74) is 1.89. The van der Waals surface area contributed by atoms with E-state index in [1.807, 2.05) is 67.8 Å². The lowest BCUT2D eigenvalue weighted by molar-refractivity contribution is -0.124. The largest absolute Gasteiger partial charge is 0.451 e. The Morgan fingerprint density at radius 1 is 1.12 bits per heavy atom. The highest BCUT2D eigenvalue weighted by Crippen LogP contribution is 2.24. The molecule has 0 bridgehead atoms. The fraction of sp³-hybridized carbons (Fsp3) is 0.200. The minimum absolute atomic E-state index is 0.180. The van der Waals surface area contributed by atoms with Crippen LogP contribution in [0.15, 0.2) is 53.9 Å². The van der Waals surface area contributed by atoms with E-state index in [-0.39, 0.29) is 18.6 Å². The number of esters is 1. The molecule has 0 aliphatic rings. The normalized spacial score (nSPS) is 11.9. The van der Waals surface area contributed by atoms with Crippen molar-refractivity contribution in [2.45, 2.75) is 19.9 Å². The van der Waals surface area contributed by atoms with Crippen LogP contribution in [0.4, 0.5) is 0 Å². The Kier molecular flexibility index (Phi) is 5.14. The molecule has 0 saturated heterocycles. The lowest BCUT2D eigenvalue weighted by Gasteiger charge is -2.16. The molecule has 2 aromatic carbocycles. The maximum atomic E-state index is 12.1. The van der Waals surface area contributed by atoms with Crippen LogP contribution in [-0.4, -0.2) is 18.5 Å². The zero-order valence-corrected chi connectivity index (χ0v) is 14.9. The third-order valence-corrected chi connectivity index (χ3v) is 5.05. The molecule has 5 heteroatoms. The summed E-state index contributed by atoms with van der Waals surface area (Å²) in [6, 6.07) is 15.7. The van der Waals surface area contributed by atoms with E-state index < -0.39 is 5.97 Å². The highest BCUT2D eigenvalue weighted by atomic mass is 32.1. The second kappa shape index (κ2) is 7.49. The minimum atomic E-state index is -0.458. The molecule has 0 radical (unpaired) electrons. The number of rotatable bonds is 5. The number of carbonyl (C=O) groups is 2. The van der Waals surface area contributed by atoms with Gasteiger partial charge >= 0.3 is 5.97 Å². The molecule has 1 heterocycles. The van der Waals surface area contributed by atoms with Crippen molar-refractivity contribution < 1.29 is 14.3 Å². The van der Waals surface area contributed by atoms with Gasteiger partial charge in [0.2, 0.25) is 0 Å². The maximum absolute atomic E-state index is 12.1. The van der Waals surface area contributed by atoms with Gasteiger partial charge in [0.05, 0.1) is 6.04 Å². The van der Waals surface area contributed by atoms with Crippen molar-refractivity contribution >= 4 is 34.0 Å². The molecule has 4 nitrogen and oxygen atoms in total. The van der Waals surface area contributed by atoms with Crippen LogP contribution in [0.3, 0.4) is 0 Å². The van der Waals surface area contributed by atoms with Crippen molar-refractivity contribution in [3.8, 4) is 0 Å². The first kappa shape index (κ1) is 17.2. The van der Waals surface area contributed by atoms with Gasteiger partial charge in [-0.3, -0.25) is 4.79 Å². The second-order valence-corrected chi connectivity index (χ2v) is 6.78. The van der Waals surface area contributed by atoms with Gasteiger partial charge in [0.25, 0.3) is 5.91 Å². The molecule has 0 unspecified atom stereocenters. The first-order chi connectivity index (χ1) is 12.1. The lowest BCUT2D eigenvalue weighted by Crippen LogP contribution is -2.31. The molecule has 0 saturated carbocycles. The number of fused-ring (bicyclic) bond motifs is 1. The van der Waals surface area contributed by atoms with Gasteiger partial charge < -0.3 is 10.1 Å². The summed E-state index contributed by atoms with van der Waals surface area (Å²) in [7, 11) is 0. The first-order valence-electron chi connectivity index (χ1n) is 8.04. The minimum Gasteiger partial charge on any atom is -0.451 e. The smallest absolute Gasteiger partial charge is 0.349 e. The Balaban J connectivity index is 1.62. The van der Waals surface area contributed by atoms with Gasteiger partial charge in [-0.15, -0.1) is 11.3 Å². The van der Waals surface area contributed by atoms with Crippen LogP contribution in [-0.2, 0) is 9.53 Å². The summed E-state index contributed by atoms with van der Waals surface area (Å²) in [6.07, 6.45) is 0. The predicted octanol–water partition coefficient (Wildman–Crippen LogP) is 4.24. The molecule has 0 spiro atoms. The SMILES string of the molecule is Cc1ccsc1C(=O)OCC(=O)N[C@@H](C)c1cccc2ccccc12. The molecular formula is C20H19NO3S. The van der Waals surface area contributed by atoms with Gasteiger partial charge in [0.1, 0.15) is 4.88 Å². The highest BCUT2D eigenvalue weighted by molar-refractivity contribution is 7.12. The highest BCUT2D eigenvalue weighted by Gasteiger charge is 2.16. The standard InChI is InChI=1S/C20H19NO3S/c1-13-10-11-25-19(13)20(23)24-12-18(22)21-14(2)16-9-5-7-15-6-3-4-8-17(15)16/h3-11,14H,12H2,1-2H3,(H,21,22)/t14-/m0/s1. The number of carbonyl (C=O) groups excluding carboxylic acids is 2. The van der Waals surface area contributed by atoms with Crippen molar-refractivity contribution in [2.24, 2.45) is 0 Å². The topological polar surface area (TPSA) is 55.4 Å². The van der Waals surface area contributed by atoms with E-state index >= 15 is 0 Å². The number of amides is 1. The third kappa shape index (κ3) is 3.88. The van der Waals surface area contributed by atoms with Crippen LogP contribution in [0.2, 0.25) is 0 Å². The quantitative estimate of drug-likeness (QED) is 0.698. The summed E-state index contributed by atoms with van der Waals surface area (Å²) in [4.78, 5) is 24.6. The molecule has 3 rings (SSSR count). The predicted molar refractivity (Wildman–Crippen MR) is 99.8 cm³/mol. The van der Waals surface area contributed by atoms with Gasteiger partial charge in [-0.05, 0) is 47.2 Å². The van der Waals surface area contributed by atoms with Gasteiger partial charge in [-0.1, -0.05) is 42.5 Å². The van der Waals surface area contributed by atoms with Crippen molar-refractivity contribution in [3.63, 3.8) is 0 Å². The van der Waals surface area contributed by atoms with Gasteiger partial charge in [0, 0.05) is 0 Å². The van der Waals surface area contributed by atoms with E-state index in [9.17, 15) is 9.59 Å². The second-order valence-electron chi connectivity index (χ2n) is 5.87. The fourth-order valence-corrected chi connectivity index (χ4v) is 3.58. The van der Waals surface area contributed by atoms with E-state index in [0.29, 0.717) is 4.88 Å². The summed E-state index contributed by atoms with van der Waals surface area (Å²) in [5.74, 6) is -0.775. The molecule has 1 amide bonds. The van der Waals surface area contributed by atoms with E-state index in [4.69, 9.17) is 4.74 Å². The van der Waals surface area contributed by atoms with Crippen molar-refractivity contribution in [1.82, 2.24) is 5.32 Å². The Morgan fingerprint density at radius 3 is 2.64 bits per heavy atom. The number of benzene rings is 2. The number of aryl methyl sites for hydroxylation is 1. The Hall–Kier alpha value is -2.66. The average Bonchev–Trinajstić information content (AvgIpc) is 3.05. The Morgan fingerprint density at radius 2 is 1.88 bits per heavy atom. The van der Waals surface area contributed by atoms with Crippen molar-refractivity contribution in [1.29, 1.82) is 0 Å². The molecular weight excluding hydrogens is 334 g/mol. The van der Waals surface area contributed by atoms with E-state index in [0.717, 1.165) is 21.9 Å². The van der Waals surface area contributed by atoms with Crippen molar-refractivity contribution in [2.75, 3.05) is 6.61 Å². The average molecular weight is 353 g/mol. The van der Waals surface area contributed by atoms with Crippen LogP contribution in [0.5, 0.6) is 0 Å². The molecule has 25 heavy (non-hydrogen) atoms. The molecule has 3 aromatic rings. The Bertz CT molecular complexity index is 911. The van der Waals surface area contributed by atoms with Crippen LogP contribution in [0.1, 0.15) is 33.8 Å². The fourth-order valence-electron chi connectivity index (χ4n) is 2.77. The van der Waals surface area contributed by atoms with Crippen LogP contribution < -0.4 is 5.32 Å². The first-order valence-corrected chi connectivity index (χ1v) is 8.92. The lowest BCUT2D eigenvalue weighted by atomic mass is 10.00. The monoisotopic (exact) mass is 353 g/mol. The zero-order chi connectivity index (χ0) is 17.8. The van der Waals surface area contributed by atoms with E-state index in [1.54, 1.807) is 0 Å². The van der Waals surface area contributed by atoms with Crippen LogP contribution in [0.25, 0.3) is 10.8 Å². The molecule has 0 aliphatic carbocycles. The number of ether oxygens (including phenoxy) is 1. The summed E-state index contributed by atoms with van der Waals surface area (Å²) < 4.78 is 5.11. The number of nitrogens with one attached hydrogen (secondary N) is 1. The molecule has 1 aromatic heterocycles. The summed E-state index contributed by atoms with van der Waals surface area (Å²) in [5, 5.41) is 6.95. The van der Waals surface area contributed by atoms with E-state index in [1.165, 1.54) is 11.3 Å². The molecule has 1 N–H and O–H groups in total. The number of hydrogen-bond acceptors (Lipinski definition) is 4. The molecule has 0 aliphatic heterocycles. The zero-order valence-electron chi connectivity index (χ0n) is 14.1. The number of thiophene rings is 1. The van der Waals surface area contributed by atoms with Crippen molar-refractivity contribution in [3.05, 3.63) is 69.9 Å². The summed E-state index contributed by atoms with van der Waals surface area (Å²) >= 11 is 1.32. The van der Waals surface area contributed by atoms with Gasteiger partial charge in [-0.2, -0.15) is 0 Å². The van der Waals surface area contributed by atoms with E-state index in [2.05, 4.69) is 5.32 Å². The molecule has 128 valence electrons. The maximum Gasteiger partial charge on any atom is 0.349 e. The molecule has 0 fully saturated rings. The van der Waals surface area contributed by atoms with Crippen LogP contribution >= 0.6 is 11.3 Å². The summed E-state index contributed by atoms with van der Waals surface area (Å²) in [6.45, 7) is 3.48. The van der Waals surface area contributed by atoms with Gasteiger partial charge in [0.15, 0.2) is 6.61 Å². The number of hydrogen-bond donors (Lipinski definition) is 1. The van der Waals surface area contributed by atoms with Crippen LogP contribution in [0, 0.1) is 6.92 Å². The third-order valence-electron chi connectivity index (χ3n) is 4.05. The Labute approximate surface area is 150 Å². The molecule has 1 atom stereocenters.